The summed E-state index contributed by atoms with van der Waals surface area (Å²) in [6.07, 6.45) is 0. The van der Waals surface area contributed by atoms with Gasteiger partial charge >= 0.3 is 0 Å². The fraction of sp³-hybridized carbons (Fsp3) is 0.250. The average Bonchev–Trinajstić information content (AvgIpc) is 2.11. The van der Waals surface area contributed by atoms with Gasteiger partial charge in [0.05, 0.1) is 0 Å². The molecule has 0 atom stereocenters. The third-order valence-corrected chi connectivity index (χ3v) is 4.45. The largest absolute Gasteiger partial charge is 0.283 e. The molecule has 14 heavy (non-hydrogen) atoms. The molecular formula is C8H9ClINO2S. The van der Waals surface area contributed by atoms with Crippen LogP contribution in [-0.2, 0) is 10.0 Å². The Kier molecular flexibility index (Phi) is 4.03. The fourth-order valence-corrected chi connectivity index (χ4v) is 2.08. The van der Waals surface area contributed by atoms with Crippen LogP contribution in [0.3, 0.4) is 0 Å². The summed E-state index contributed by atoms with van der Waals surface area (Å²) in [5.74, 6) is 0. The van der Waals surface area contributed by atoms with E-state index in [0.29, 0.717) is 5.69 Å². The minimum absolute atomic E-state index is 0.433. The third kappa shape index (κ3) is 3.29. The van der Waals surface area contributed by atoms with Crippen LogP contribution in [0.5, 0.6) is 0 Å². The topological polar surface area (TPSA) is 46.2 Å². The Balaban J connectivity index is 2.94. The lowest BCUT2D eigenvalue weighted by molar-refractivity contribution is 0.605. The number of halogens is 2. The summed E-state index contributed by atoms with van der Waals surface area (Å²) >= 11 is 7.41. The van der Waals surface area contributed by atoms with Crippen LogP contribution in [0.2, 0.25) is 0 Å². The van der Waals surface area contributed by atoms with Gasteiger partial charge in [-0.3, -0.25) is 4.72 Å². The monoisotopic (exact) mass is 345 g/mol. The van der Waals surface area contributed by atoms with Gasteiger partial charge in [0.25, 0.3) is 0 Å². The predicted octanol–water partition coefficient (Wildman–Crippen LogP) is 2.54. The quantitative estimate of drug-likeness (QED) is 0.676. The van der Waals surface area contributed by atoms with E-state index in [1.165, 1.54) is 0 Å². The Morgan fingerprint density at radius 2 is 2.14 bits per heavy atom. The van der Waals surface area contributed by atoms with Gasteiger partial charge in [0.15, 0.2) is 0 Å². The highest BCUT2D eigenvalue weighted by Crippen LogP contribution is 2.18. The number of sulfonamides is 1. The summed E-state index contributed by atoms with van der Waals surface area (Å²) in [4.78, 5) is 0. The Morgan fingerprint density at radius 1 is 1.50 bits per heavy atom. The minimum atomic E-state index is -3.39. The molecule has 0 bridgehead atoms. The number of alkyl halides is 1. The van der Waals surface area contributed by atoms with Crippen LogP contribution >= 0.6 is 34.2 Å². The molecule has 0 heterocycles. The van der Waals surface area contributed by atoms with E-state index in [1.54, 1.807) is 12.1 Å². The molecule has 0 aromatic heterocycles. The number of hydrogen-bond donors (Lipinski definition) is 1. The first-order valence-corrected chi connectivity index (χ1v) is 7.04. The SMILES string of the molecule is Cc1ccc(NS(=O)(=O)CCl)cc1I. The maximum atomic E-state index is 11.1. The van der Waals surface area contributed by atoms with E-state index < -0.39 is 15.2 Å². The second kappa shape index (κ2) is 4.67. The fourth-order valence-electron chi connectivity index (χ4n) is 0.863. The second-order valence-electron chi connectivity index (χ2n) is 2.79. The second-order valence-corrected chi connectivity index (χ2v) is 6.26. The molecular weight excluding hydrogens is 337 g/mol. The van der Waals surface area contributed by atoms with Crippen molar-refractivity contribution in [3.05, 3.63) is 27.3 Å². The van der Waals surface area contributed by atoms with E-state index in [-0.39, 0.29) is 0 Å². The summed E-state index contributed by atoms with van der Waals surface area (Å²) in [7, 11) is -3.39. The molecule has 78 valence electrons. The molecule has 0 aliphatic carbocycles. The van der Waals surface area contributed by atoms with E-state index in [2.05, 4.69) is 27.3 Å². The van der Waals surface area contributed by atoms with Gasteiger partial charge < -0.3 is 0 Å². The summed E-state index contributed by atoms with van der Waals surface area (Å²) in [5, 5.41) is -0.433. The molecule has 0 saturated heterocycles. The van der Waals surface area contributed by atoms with Gasteiger partial charge in [0.1, 0.15) is 5.21 Å². The number of hydrogen-bond acceptors (Lipinski definition) is 2. The number of rotatable bonds is 3. The Morgan fingerprint density at radius 3 is 2.64 bits per heavy atom. The van der Waals surface area contributed by atoms with E-state index in [9.17, 15) is 8.42 Å². The van der Waals surface area contributed by atoms with Gasteiger partial charge in [-0.1, -0.05) is 6.07 Å². The van der Waals surface area contributed by atoms with E-state index in [1.807, 2.05) is 13.0 Å². The van der Waals surface area contributed by atoms with Crippen molar-refractivity contribution >= 4 is 49.9 Å². The number of benzene rings is 1. The van der Waals surface area contributed by atoms with E-state index in [4.69, 9.17) is 11.6 Å². The Hall–Kier alpha value is -0.0100. The predicted molar refractivity (Wildman–Crippen MR) is 67.2 cm³/mol. The summed E-state index contributed by atoms with van der Waals surface area (Å²) in [6, 6.07) is 5.33. The molecule has 0 aliphatic heterocycles. The first kappa shape index (κ1) is 12.1. The highest BCUT2D eigenvalue weighted by molar-refractivity contribution is 14.1. The van der Waals surface area contributed by atoms with Gasteiger partial charge in [-0.15, -0.1) is 11.6 Å². The molecule has 0 amide bonds. The van der Waals surface area contributed by atoms with Crippen molar-refractivity contribution in [3.63, 3.8) is 0 Å². The van der Waals surface area contributed by atoms with Crippen LogP contribution in [0.25, 0.3) is 0 Å². The molecule has 1 N–H and O–H groups in total. The normalized spacial score (nSPS) is 11.4. The molecule has 0 radical (unpaired) electrons. The molecule has 0 fully saturated rings. The van der Waals surface area contributed by atoms with Gasteiger partial charge in [-0.25, -0.2) is 8.42 Å². The first-order chi connectivity index (χ1) is 6.44. The van der Waals surface area contributed by atoms with Crippen molar-refractivity contribution in [2.75, 3.05) is 9.93 Å². The number of aryl methyl sites for hydroxylation is 1. The zero-order valence-corrected chi connectivity index (χ0v) is 11.1. The Bertz CT molecular complexity index is 433. The van der Waals surface area contributed by atoms with Crippen LogP contribution in [-0.4, -0.2) is 13.6 Å². The number of nitrogens with one attached hydrogen (secondary N) is 1. The minimum Gasteiger partial charge on any atom is -0.283 e. The maximum absolute atomic E-state index is 11.1. The van der Waals surface area contributed by atoms with Crippen LogP contribution < -0.4 is 4.72 Å². The average molecular weight is 346 g/mol. The summed E-state index contributed by atoms with van der Waals surface area (Å²) in [5.41, 5.74) is 1.65. The molecule has 1 aromatic rings. The van der Waals surface area contributed by atoms with Crippen LogP contribution in [0.4, 0.5) is 5.69 Å². The van der Waals surface area contributed by atoms with Gasteiger partial charge in [0.2, 0.25) is 10.0 Å². The van der Waals surface area contributed by atoms with Crippen molar-refractivity contribution < 1.29 is 8.42 Å². The maximum Gasteiger partial charge on any atom is 0.246 e. The van der Waals surface area contributed by atoms with Gasteiger partial charge in [-0.2, -0.15) is 0 Å². The van der Waals surface area contributed by atoms with Crippen molar-refractivity contribution in [3.8, 4) is 0 Å². The van der Waals surface area contributed by atoms with Crippen molar-refractivity contribution in [2.45, 2.75) is 6.92 Å². The lowest BCUT2D eigenvalue weighted by Gasteiger charge is -2.06. The first-order valence-electron chi connectivity index (χ1n) is 3.77. The third-order valence-electron chi connectivity index (χ3n) is 1.59. The lowest BCUT2D eigenvalue weighted by atomic mass is 10.2. The standard InChI is InChI=1S/C8H9ClINO2S/c1-6-2-3-7(4-8(6)10)11-14(12,13)5-9/h2-4,11H,5H2,1H3. The molecule has 0 saturated carbocycles. The smallest absolute Gasteiger partial charge is 0.246 e. The number of anilines is 1. The lowest BCUT2D eigenvalue weighted by Crippen LogP contribution is -2.13. The molecule has 0 unspecified atom stereocenters. The zero-order valence-electron chi connectivity index (χ0n) is 7.42. The molecule has 6 heteroatoms. The van der Waals surface area contributed by atoms with Crippen molar-refractivity contribution in [1.29, 1.82) is 0 Å². The summed E-state index contributed by atoms with van der Waals surface area (Å²) < 4.78 is 25.6. The van der Waals surface area contributed by atoms with Crippen molar-refractivity contribution in [1.82, 2.24) is 0 Å². The van der Waals surface area contributed by atoms with Gasteiger partial charge in [0, 0.05) is 9.26 Å². The van der Waals surface area contributed by atoms with Crippen LogP contribution in [0.15, 0.2) is 18.2 Å². The van der Waals surface area contributed by atoms with Gasteiger partial charge in [-0.05, 0) is 47.2 Å². The molecule has 0 spiro atoms. The Labute approximate surface area is 102 Å². The van der Waals surface area contributed by atoms with Crippen LogP contribution in [0.1, 0.15) is 5.56 Å². The highest BCUT2D eigenvalue weighted by atomic mass is 127. The molecule has 1 rings (SSSR count). The summed E-state index contributed by atoms with van der Waals surface area (Å²) in [6.45, 7) is 1.96. The molecule has 3 nitrogen and oxygen atoms in total. The van der Waals surface area contributed by atoms with E-state index in [0.717, 1.165) is 9.13 Å². The molecule has 0 aliphatic rings. The van der Waals surface area contributed by atoms with Crippen LogP contribution in [0, 0.1) is 10.5 Å². The highest BCUT2D eigenvalue weighted by Gasteiger charge is 2.08. The van der Waals surface area contributed by atoms with Crippen molar-refractivity contribution in [2.24, 2.45) is 0 Å². The van der Waals surface area contributed by atoms with E-state index >= 15 is 0 Å². The molecule has 1 aromatic carbocycles. The zero-order chi connectivity index (χ0) is 10.8.